The topological polar surface area (TPSA) is 71.1 Å². The molecule has 0 spiro atoms. The van der Waals surface area contributed by atoms with Gasteiger partial charge >= 0.3 is 0 Å². The van der Waals surface area contributed by atoms with Gasteiger partial charge in [0.1, 0.15) is 0 Å². The van der Waals surface area contributed by atoms with Crippen LogP contribution in [0.4, 0.5) is 5.69 Å². The number of halogens is 2. The van der Waals surface area contributed by atoms with E-state index in [4.69, 9.17) is 23.2 Å². The molecule has 0 aliphatic carbocycles. The Morgan fingerprint density at radius 1 is 1.47 bits per heavy atom. The van der Waals surface area contributed by atoms with Gasteiger partial charge in [0.2, 0.25) is 11.8 Å². The Balaban J connectivity index is 2.08. The van der Waals surface area contributed by atoms with Crippen LogP contribution < -0.4 is 10.6 Å². The second-order valence-corrected chi connectivity index (χ2v) is 4.46. The molecule has 0 aromatic carbocycles. The predicted octanol–water partition coefficient (Wildman–Crippen LogP) is 1.46. The van der Waals surface area contributed by atoms with Gasteiger partial charge in [0, 0.05) is 19.2 Å². The summed E-state index contributed by atoms with van der Waals surface area (Å²) in [6.45, 7) is 0.344. The van der Waals surface area contributed by atoms with Crippen molar-refractivity contribution in [3.8, 4) is 0 Å². The van der Waals surface area contributed by atoms with E-state index in [9.17, 15) is 9.59 Å². The van der Waals surface area contributed by atoms with E-state index < -0.39 is 0 Å². The Kier molecular flexibility index (Phi) is 3.49. The summed E-state index contributed by atoms with van der Waals surface area (Å²) in [6, 6.07) is 0. The third-order valence-corrected chi connectivity index (χ3v) is 3.23. The number of pyridine rings is 1. The Morgan fingerprint density at radius 3 is 2.88 bits per heavy atom. The van der Waals surface area contributed by atoms with Gasteiger partial charge in [0.05, 0.1) is 27.8 Å². The number of rotatable bonds is 2. The molecule has 90 valence electrons. The molecule has 1 aromatic rings. The molecule has 1 fully saturated rings. The molecule has 0 radical (unpaired) electrons. The summed E-state index contributed by atoms with van der Waals surface area (Å²) >= 11 is 11.7. The molecular weight excluding hydrogens is 265 g/mol. The van der Waals surface area contributed by atoms with Crippen molar-refractivity contribution in [3.63, 3.8) is 0 Å². The van der Waals surface area contributed by atoms with Crippen molar-refractivity contribution < 1.29 is 9.59 Å². The molecule has 0 unspecified atom stereocenters. The van der Waals surface area contributed by atoms with Gasteiger partial charge in [-0.25, -0.2) is 0 Å². The second kappa shape index (κ2) is 4.89. The average molecular weight is 274 g/mol. The maximum Gasteiger partial charge on any atom is 0.229 e. The first-order valence-corrected chi connectivity index (χ1v) is 5.70. The Hall–Kier alpha value is -1.33. The quantitative estimate of drug-likeness (QED) is 0.857. The number of carbonyl (C=O) groups is 2. The lowest BCUT2D eigenvalue weighted by Gasteiger charge is -2.10. The number of aromatic nitrogens is 1. The second-order valence-electron chi connectivity index (χ2n) is 3.68. The van der Waals surface area contributed by atoms with Crippen molar-refractivity contribution >= 4 is 40.7 Å². The lowest BCUT2D eigenvalue weighted by molar-refractivity contribution is -0.123. The smallest absolute Gasteiger partial charge is 0.229 e. The van der Waals surface area contributed by atoms with Crippen LogP contribution in [0.25, 0.3) is 0 Å². The van der Waals surface area contributed by atoms with Gasteiger partial charge in [-0.2, -0.15) is 0 Å². The van der Waals surface area contributed by atoms with Crippen molar-refractivity contribution in [2.24, 2.45) is 5.92 Å². The average Bonchev–Trinajstić information content (AvgIpc) is 2.72. The van der Waals surface area contributed by atoms with Gasteiger partial charge in [-0.05, 0) is 0 Å². The first kappa shape index (κ1) is 12.1. The highest BCUT2D eigenvalue weighted by Gasteiger charge is 2.28. The molecule has 17 heavy (non-hydrogen) atoms. The first-order chi connectivity index (χ1) is 8.08. The van der Waals surface area contributed by atoms with E-state index >= 15 is 0 Å². The van der Waals surface area contributed by atoms with Crippen molar-refractivity contribution in [3.05, 3.63) is 22.4 Å². The molecule has 1 saturated heterocycles. The van der Waals surface area contributed by atoms with Crippen molar-refractivity contribution in [2.75, 3.05) is 11.9 Å². The Labute approximate surface area is 107 Å². The minimum absolute atomic E-state index is 0.125. The minimum Gasteiger partial charge on any atom is -0.355 e. The van der Waals surface area contributed by atoms with Crippen molar-refractivity contribution in [1.82, 2.24) is 10.3 Å². The largest absolute Gasteiger partial charge is 0.355 e. The maximum atomic E-state index is 11.8. The molecule has 1 aromatic heterocycles. The molecule has 7 heteroatoms. The zero-order chi connectivity index (χ0) is 12.4. The van der Waals surface area contributed by atoms with E-state index in [0.29, 0.717) is 12.2 Å². The van der Waals surface area contributed by atoms with Gasteiger partial charge in [0.15, 0.2) is 0 Å². The standard InChI is InChI=1S/C10H9Cl2N3O2/c11-6-3-13-4-7(9(6)12)15-10(17)5-1-8(16)14-2-5/h3-5H,1-2H2,(H,14,16)(H,15,17)/t5-/m1/s1. The molecule has 5 nitrogen and oxygen atoms in total. The fraction of sp³-hybridized carbons (Fsp3) is 0.300. The van der Waals surface area contributed by atoms with Crippen LogP contribution in [0.15, 0.2) is 12.4 Å². The molecule has 0 bridgehead atoms. The predicted molar refractivity (Wildman–Crippen MR) is 64.0 cm³/mol. The van der Waals surface area contributed by atoms with E-state index in [2.05, 4.69) is 15.6 Å². The number of hydrogen-bond acceptors (Lipinski definition) is 3. The minimum atomic E-state index is -0.377. The summed E-state index contributed by atoms with van der Waals surface area (Å²) in [5.74, 6) is -0.771. The molecular formula is C10H9Cl2N3O2. The third-order valence-electron chi connectivity index (χ3n) is 2.44. The summed E-state index contributed by atoms with van der Waals surface area (Å²) in [6.07, 6.45) is 2.99. The highest BCUT2D eigenvalue weighted by Crippen LogP contribution is 2.28. The zero-order valence-corrected chi connectivity index (χ0v) is 10.2. The van der Waals surface area contributed by atoms with E-state index in [0.717, 1.165) is 0 Å². The molecule has 0 saturated carbocycles. The van der Waals surface area contributed by atoms with Gasteiger partial charge in [-0.1, -0.05) is 23.2 Å². The molecule has 1 atom stereocenters. The summed E-state index contributed by atoms with van der Waals surface area (Å²) in [5, 5.41) is 5.70. The van der Waals surface area contributed by atoms with Gasteiger partial charge in [0.25, 0.3) is 0 Å². The van der Waals surface area contributed by atoms with E-state index in [1.807, 2.05) is 0 Å². The molecule has 2 amide bonds. The van der Waals surface area contributed by atoms with Crippen LogP contribution in [0.2, 0.25) is 10.0 Å². The van der Waals surface area contributed by atoms with Crippen LogP contribution in [-0.4, -0.2) is 23.3 Å². The maximum absolute atomic E-state index is 11.8. The number of nitrogens with one attached hydrogen (secondary N) is 2. The fourth-order valence-electron chi connectivity index (χ4n) is 1.53. The van der Waals surface area contributed by atoms with Crippen LogP contribution in [-0.2, 0) is 9.59 Å². The summed E-state index contributed by atoms with van der Waals surface area (Å²) in [4.78, 5) is 26.6. The third kappa shape index (κ3) is 2.68. The van der Waals surface area contributed by atoms with Crippen molar-refractivity contribution in [2.45, 2.75) is 6.42 Å². The number of anilines is 1. The first-order valence-electron chi connectivity index (χ1n) is 4.94. The van der Waals surface area contributed by atoms with E-state index in [-0.39, 0.29) is 34.2 Å². The van der Waals surface area contributed by atoms with Crippen molar-refractivity contribution in [1.29, 1.82) is 0 Å². The molecule has 2 heterocycles. The monoisotopic (exact) mass is 273 g/mol. The molecule has 1 aliphatic rings. The number of carbonyl (C=O) groups excluding carboxylic acids is 2. The van der Waals surface area contributed by atoms with Crippen LogP contribution in [0.1, 0.15) is 6.42 Å². The Morgan fingerprint density at radius 2 is 2.24 bits per heavy atom. The number of amides is 2. The Bertz CT molecular complexity index is 479. The lowest BCUT2D eigenvalue weighted by atomic mass is 10.1. The molecule has 2 rings (SSSR count). The van der Waals surface area contributed by atoms with Gasteiger partial charge in [-0.3, -0.25) is 14.6 Å². The van der Waals surface area contributed by atoms with E-state index in [1.54, 1.807) is 0 Å². The zero-order valence-electron chi connectivity index (χ0n) is 8.67. The van der Waals surface area contributed by atoms with E-state index in [1.165, 1.54) is 12.4 Å². The highest BCUT2D eigenvalue weighted by molar-refractivity contribution is 6.43. The van der Waals surface area contributed by atoms with Gasteiger partial charge in [-0.15, -0.1) is 0 Å². The summed E-state index contributed by atoms with van der Waals surface area (Å²) in [7, 11) is 0. The van der Waals surface area contributed by atoms with Gasteiger partial charge < -0.3 is 10.6 Å². The van der Waals surface area contributed by atoms with Crippen LogP contribution in [0.3, 0.4) is 0 Å². The summed E-state index contributed by atoms with van der Waals surface area (Å²) < 4.78 is 0. The number of nitrogens with zero attached hydrogens (tertiary/aromatic N) is 1. The summed E-state index contributed by atoms with van der Waals surface area (Å²) in [5.41, 5.74) is 0.350. The highest BCUT2D eigenvalue weighted by atomic mass is 35.5. The SMILES string of the molecule is O=C1C[C@@H](C(=O)Nc2cncc(Cl)c2Cl)CN1. The van der Waals surface area contributed by atoms with Crippen LogP contribution >= 0.6 is 23.2 Å². The molecule has 1 aliphatic heterocycles. The van der Waals surface area contributed by atoms with Crippen LogP contribution in [0, 0.1) is 5.92 Å². The van der Waals surface area contributed by atoms with Crippen LogP contribution in [0.5, 0.6) is 0 Å². The normalized spacial score (nSPS) is 18.9. The fourth-order valence-corrected chi connectivity index (χ4v) is 1.83. The molecule has 2 N–H and O–H groups in total. The lowest BCUT2D eigenvalue weighted by Crippen LogP contribution is -2.24. The number of hydrogen-bond donors (Lipinski definition) is 2.